The third-order valence-electron chi connectivity index (χ3n) is 0. The van der Waals surface area contributed by atoms with E-state index in [9.17, 15) is 0 Å². The summed E-state index contributed by atoms with van der Waals surface area (Å²) in [5.41, 5.74) is 0. The molecule has 0 radical (unpaired) electrons. The van der Waals surface area contributed by atoms with Crippen LogP contribution in [0.4, 0.5) is 4.79 Å². The summed E-state index contributed by atoms with van der Waals surface area (Å²) < 4.78 is 0. The van der Waals surface area contributed by atoms with E-state index in [1.807, 2.05) is 0 Å². The van der Waals surface area contributed by atoms with Crippen molar-refractivity contribution in [3.05, 3.63) is 0 Å². The van der Waals surface area contributed by atoms with E-state index in [1.54, 1.807) is 0 Å². The van der Waals surface area contributed by atoms with Crippen LogP contribution in [0.5, 0.6) is 0 Å². The van der Waals surface area contributed by atoms with Crippen molar-refractivity contribution in [3.8, 4) is 0 Å². The predicted octanol–water partition coefficient (Wildman–Crippen LogP) is -6.00. The molecule has 0 aromatic rings. The van der Waals surface area contributed by atoms with Crippen LogP contribution in [0.3, 0.4) is 0 Å². The normalized spacial score (nSPS) is 3.43. The summed E-state index contributed by atoms with van der Waals surface area (Å²) >= 11 is 0. The zero-order chi connectivity index (χ0) is 3.58. The van der Waals surface area contributed by atoms with Crippen molar-refractivity contribution in [2.24, 2.45) is 0 Å². The number of rotatable bonds is 0. The summed E-state index contributed by atoms with van der Waals surface area (Å²) in [4.78, 5) is 8.33. The second kappa shape index (κ2) is 16.2. The summed E-state index contributed by atoms with van der Waals surface area (Å²) in [5, 5.41) is 16.7. The summed E-state index contributed by atoms with van der Waals surface area (Å²) in [6, 6.07) is 0. The van der Waals surface area contributed by atoms with Crippen molar-refractivity contribution in [1.82, 2.24) is 0 Å². The van der Waals surface area contributed by atoms with Gasteiger partial charge in [-0.15, -0.1) is 0 Å². The first-order chi connectivity index (χ1) is 1.73. The third kappa shape index (κ3) is 933. The van der Waals surface area contributed by atoms with E-state index in [2.05, 4.69) is 0 Å². The topological polar surface area (TPSA) is 93.2 Å². The molecule has 6 heteroatoms. The second-order valence-electron chi connectivity index (χ2n) is 0.250. The summed E-state index contributed by atoms with van der Waals surface area (Å²) in [6.07, 6.45) is -2.33. The molecule has 0 bridgehead atoms. The van der Waals surface area contributed by atoms with Crippen molar-refractivity contribution in [2.45, 2.75) is 0 Å². The number of hydrogen-bond acceptors (Lipinski definition) is 4. The Bertz CT molecular complexity index is 34.7. The molecule has 0 aliphatic rings. The first kappa shape index (κ1) is 26.4. The van der Waals surface area contributed by atoms with Gasteiger partial charge in [0.25, 0.3) is 0 Å². The molecule has 0 heterocycles. The van der Waals surface area contributed by atoms with Crippen LogP contribution >= 0.6 is 0 Å². The van der Waals surface area contributed by atoms with Gasteiger partial charge in [-0.3, -0.25) is 0 Å². The number of carbonyl (C=O) groups is 1. The Hall–Kier alpha value is 0.360. The van der Waals surface area contributed by atoms with Crippen molar-refractivity contribution >= 4 is 23.5 Å². The number of hydrogen-bond donors (Lipinski definition) is 0. The van der Waals surface area contributed by atoms with E-state index in [1.165, 1.54) is 0 Å². The van der Waals surface area contributed by atoms with Crippen LogP contribution in [-0.4, -0.2) is 29.0 Å². The van der Waals surface area contributed by atoms with Crippen molar-refractivity contribution < 1.29 is 39.3 Å². The van der Waals surface area contributed by atoms with E-state index in [0.717, 1.165) is 0 Å². The van der Waals surface area contributed by atoms with Crippen LogP contribution < -0.4 is 29.1 Å². The third-order valence-corrected chi connectivity index (χ3v) is 0. The smallest absolute Gasteiger partial charge is 0.870 e. The second-order valence-corrected chi connectivity index (χ2v) is 0.250. The summed E-state index contributed by atoms with van der Waals surface area (Å²) in [6.45, 7) is 0. The van der Waals surface area contributed by atoms with Gasteiger partial charge < -0.3 is 20.5 Å². The maximum absolute atomic E-state index is 8.33. The van der Waals surface area contributed by atoms with Crippen LogP contribution in [0, 0.1) is 0 Å². The van der Waals surface area contributed by atoms with Crippen molar-refractivity contribution in [2.75, 3.05) is 0 Å². The molecule has 0 aliphatic heterocycles. The van der Waals surface area contributed by atoms with Gasteiger partial charge in [-0.25, -0.2) is 0 Å². The Morgan fingerprint density at radius 1 is 1.29 bits per heavy atom. The van der Waals surface area contributed by atoms with Gasteiger partial charge in [-0.2, -0.15) is 0 Å². The zero-order valence-electron chi connectivity index (χ0n) is 3.75. The Balaban J connectivity index is -0.0000000150. The Kier molecular flexibility index (Phi) is 61.0. The molecule has 0 amide bonds. The fourth-order valence-corrected chi connectivity index (χ4v) is 0. The van der Waals surface area contributed by atoms with Crippen molar-refractivity contribution in [1.29, 1.82) is 0 Å². The first-order valence-electron chi connectivity index (χ1n) is 0.612. The summed E-state index contributed by atoms with van der Waals surface area (Å²) in [5.74, 6) is 0. The molecular weight excluding hydrogens is 110 g/mol. The van der Waals surface area contributed by atoms with E-state index < -0.39 is 6.16 Å². The molecule has 0 saturated heterocycles. The monoisotopic (exact) mass is 111 g/mol. The minimum atomic E-state index is -2.33. The molecule has 1 N–H and O–H groups in total. The largest absolute Gasteiger partial charge is 3.00 e. The Morgan fingerprint density at radius 3 is 1.29 bits per heavy atom. The standard InChI is InChI=1S/CH2O3.Al.Li.H2O/c2-1(3)4;;;/h(H2,2,3,4);;;1H2/q;+3;+1;/p-3. The van der Waals surface area contributed by atoms with Crippen LogP contribution in [-0.2, 0) is 0 Å². The zero-order valence-corrected chi connectivity index (χ0v) is 4.90. The minimum absolute atomic E-state index is 0. The van der Waals surface area contributed by atoms with Crippen LogP contribution in [0.1, 0.15) is 0 Å². The Labute approximate surface area is 63.1 Å². The van der Waals surface area contributed by atoms with Crippen LogP contribution in [0.15, 0.2) is 0 Å². The fraction of sp³-hybridized carbons (Fsp3) is 0. The quantitative estimate of drug-likeness (QED) is 0.291. The molecule has 0 spiro atoms. The average molecular weight is 111 g/mol. The minimum Gasteiger partial charge on any atom is -0.870 e. The maximum atomic E-state index is 8.33. The van der Waals surface area contributed by atoms with Gasteiger partial charge in [0, 0.05) is 0 Å². The molecule has 0 aliphatic carbocycles. The van der Waals surface area contributed by atoms with Crippen LogP contribution in [0.25, 0.3) is 0 Å². The molecule has 4 nitrogen and oxygen atoms in total. The molecule has 7 heavy (non-hydrogen) atoms. The molecule has 0 aromatic heterocycles. The number of carbonyl (C=O) groups excluding carboxylic acids is 1. The molecular formula is CHAlLiO4+. The SMILES string of the molecule is O=C([O-])[O-].[Al+3].[Li+].[OH-]. The van der Waals surface area contributed by atoms with Crippen LogP contribution in [0.2, 0.25) is 0 Å². The molecule has 0 unspecified atom stereocenters. The predicted molar refractivity (Wildman–Crippen MR) is 13.1 cm³/mol. The van der Waals surface area contributed by atoms with Gasteiger partial charge in [0.05, 0.1) is 0 Å². The van der Waals surface area contributed by atoms with E-state index in [0.29, 0.717) is 0 Å². The van der Waals surface area contributed by atoms with Crippen molar-refractivity contribution in [3.63, 3.8) is 0 Å². The first-order valence-corrected chi connectivity index (χ1v) is 0.612. The number of carboxylic acid groups (broad SMARTS) is 2. The summed E-state index contributed by atoms with van der Waals surface area (Å²) in [7, 11) is 0. The molecule has 32 valence electrons. The van der Waals surface area contributed by atoms with Gasteiger partial charge in [0.15, 0.2) is 0 Å². The van der Waals surface area contributed by atoms with Gasteiger partial charge in [0.2, 0.25) is 0 Å². The van der Waals surface area contributed by atoms with E-state index >= 15 is 0 Å². The molecule has 0 atom stereocenters. The van der Waals surface area contributed by atoms with E-state index in [4.69, 9.17) is 15.0 Å². The molecule has 0 fully saturated rings. The van der Waals surface area contributed by atoms with Gasteiger partial charge in [-0.05, 0) is 6.16 Å². The van der Waals surface area contributed by atoms with Gasteiger partial charge in [0.1, 0.15) is 0 Å². The Morgan fingerprint density at radius 2 is 1.29 bits per heavy atom. The molecule has 0 aromatic carbocycles. The molecule has 0 rings (SSSR count). The fourth-order valence-electron chi connectivity index (χ4n) is 0. The van der Waals surface area contributed by atoms with Gasteiger partial charge in [-0.1, -0.05) is 0 Å². The molecule has 0 saturated carbocycles. The van der Waals surface area contributed by atoms with E-state index in [-0.39, 0.29) is 41.7 Å². The maximum Gasteiger partial charge on any atom is 3.00 e. The average Bonchev–Trinajstić information content (AvgIpc) is 0.811. The van der Waals surface area contributed by atoms with Gasteiger partial charge >= 0.3 is 36.2 Å².